The number of hydrogen-bond donors (Lipinski definition) is 1. The van der Waals surface area contributed by atoms with Gasteiger partial charge in [-0.2, -0.15) is 0 Å². The number of ether oxygens (including phenoxy) is 1. The van der Waals surface area contributed by atoms with E-state index in [2.05, 4.69) is 0 Å². The molecule has 2 saturated heterocycles. The zero-order valence-corrected chi connectivity index (χ0v) is 17.6. The molecule has 7 nitrogen and oxygen atoms in total. The van der Waals surface area contributed by atoms with Crippen LogP contribution in [-0.2, 0) is 15.4 Å². The van der Waals surface area contributed by atoms with Gasteiger partial charge < -0.3 is 19.6 Å². The van der Waals surface area contributed by atoms with Gasteiger partial charge in [0.15, 0.2) is 9.84 Å². The summed E-state index contributed by atoms with van der Waals surface area (Å²) in [5.74, 6) is 0.694. The van der Waals surface area contributed by atoms with Crippen molar-refractivity contribution >= 4 is 21.6 Å². The Labute approximate surface area is 176 Å². The standard InChI is InChI=1S/C22H26N2O5S/c25-21(24-11-9-22(26,10-12-24)18-5-2-1-3-6-18)29-20-8-4-7-19(17-20)23-13-15-30(27,28)16-14-23/h1-8,17,26H,9-16H2. The Kier molecular flexibility index (Phi) is 5.71. The second kappa shape index (κ2) is 8.28. The number of sulfone groups is 1. The molecule has 0 aliphatic carbocycles. The molecule has 8 heteroatoms. The molecule has 2 aliphatic heterocycles. The first-order valence-corrected chi connectivity index (χ1v) is 12.0. The first-order chi connectivity index (χ1) is 14.3. The summed E-state index contributed by atoms with van der Waals surface area (Å²) in [5.41, 5.74) is 0.786. The number of rotatable bonds is 3. The molecule has 0 atom stereocenters. The van der Waals surface area contributed by atoms with Gasteiger partial charge in [0.2, 0.25) is 0 Å². The topological polar surface area (TPSA) is 87.2 Å². The lowest BCUT2D eigenvalue weighted by Crippen LogP contribution is -2.46. The van der Waals surface area contributed by atoms with Crippen molar-refractivity contribution in [2.75, 3.05) is 42.6 Å². The van der Waals surface area contributed by atoms with Crippen LogP contribution in [0.15, 0.2) is 54.6 Å². The van der Waals surface area contributed by atoms with E-state index in [1.807, 2.05) is 41.3 Å². The summed E-state index contributed by atoms with van der Waals surface area (Å²) in [5, 5.41) is 10.9. The summed E-state index contributed by atoms with van der Waals surface area (Å²) in [6, 6.07) is 16.7. The molecular formula is C22H26N2O5S. The fraction of sp³-hybridized carbons (Fsp3) is 0.409. The molecule has 0 unspecified atom stereocenters. The fourth-order valence-corrected chi connectivity index (χ4v) is 5.18. The summed E-state index contributed by atoms with van der Waals surface area (Å²) >= 11 is 0. The number of carbonyl (C=O) groups excluding carboxylic acids is 1. The van der Waals surface area contributed by atoms with Gasteiger partial charge in [-0.1, -0.05) is 36.4 Å². The number of nitrogens with zero attached hydrogens (tertiary/aromatic N) is 2. The average Bonchev–Trinajstić information content (AvgIpc) is 2.75. The molecule has 0 spiro atoms. The van der Waals surface area contributed by atoms with Gasteiger partial charge in [-0.3, -0.25) is 0 Å². The first-order valence-electron chi connectivity index (χ1n) is 10.1. The van der Waals surface area contributed by atoms with Crippen LogP contribution in [0.25, 0.3) is 0 Å². The van der Waals surface area contributed by atoms with Crippen LogP contribution in [0.3, 0.4) is 0 Å². The Bertz CT molecular complexity index is 987. The van der Waals surface area contributed by atoms with Gasteiger partial charge in [-0.25, -0.2) is 13.2 Å². The van der Waals surface area contributed by atoms with Crippen molar-refractivity contribution in [1.82, 2.24) is 4.90 Å². The van der Waals surface area contributed by atoms with Gasteiger partial charge in [0, 0.05) is 37.9 Å². The fourth-order valence-electron chi connectivity index (χ4n) is 3.98. The highest BCUT2D eigenvalue weighted by atomic mass is 32.2. The van der Waals surface area contributed by atoms with Crippen LogP contribution in [0.1, 0.15) is 18.4 Å². The monoisotopic (exact) mass is 430 g/mol. The molecule has 2 aromatic carbocycles. The number of benzene rings is 2. The van der Waals surface area contributed by atoms with Gasteiger partial charge in [-0.05, 0) is 30.5 Å². The van der Waals surface area contributed by atoms with Gasteiger partial charge in [0.25, 0.3) is 0 Å². The minimum atomic E-state index is -2.95. The number of hydrogen-bond acceptors (Lipinski definition) is 6. The third kappa shape index (κ3) is 4.60. The highest BCUT2D eigenvalue weighted by Gasteiger charge is 2.36. The van der Waals surface area contributed by atoms with Crippen molar-refractivity contribution in [1.29, 1.82) is 0 Å². The lowest BCUT2D eigenvalue weighted by Gasteiger charge is -2.38. The molecule has 0 bridgehead atoms. The van der Waals surface area contributed by atoms with Crippen LogP contribution >= 0.6 is 0 Å². The second-order valence-corrected chi connectivity index (χ2v) is 10.2. The predicted octanol–water partition coefficient (Wildman–Crippen LogP) is 2.40. The minimum absolute atomic E-state index is 0.134. The Balaban J connectivity index is 1.36. The van der Waals surface area contributed by atoms with Crippen molar-refractivity contribution in [3.05, 3.63) is 60.2 Å². The smallest absolute Gasteiger partial charge is 0.410 e. The molecule has 2 fully saturated rings. The highest BCUT2D eigenvalue weighted by molar-refractivity contribution is 7.91. The van der Waals surface area contributed by atoms with E-state index in [1.54, 1.807) is 23.1 Å². The molecule has 1 amide bonds. The minimum Gasteiger partial charge on any atom is -0.410 e. The predicted molar refractivity (Wildman–Crippen MR) is 114 cm³/mol. The second-order valence-electron chi connectivity index (χ2n) is 7.89. The lowest BCUT2D eigenvalue weighted by atomic mass is 9.84. The maximum atomic E-state index is 12.6. The molecule has 1 N–H and O–H groups in total. The molecule has 160 valence electrons. The van der Waals surface area contributed by atoms with Gasteiger partial charge in [0.1, 0.15) is 5.75 Å². The lowest BCUT2D eigenvalue weighted by molar-refractivity contribution is -0.0205. The van der Waals surface area contributed by atoms with E-state index in [4.69, 9.17) is 4.74 Å². The van der Waals surface area contributed by atoms with Crippen LogP contribution in [0, 0.1) is 0 Å². The summed E-state index contributed by atoms with van der Waals surface area (Å²) in [7, 11) is -2.95. The molecule has 0 radical (unpaired) electrons. The van der Waals surface area contributed by atoms with Crippen LogP contribution in [0.2, 0.25) is 0 Å². The quantitative estimate of drug-likeness (QED) is 0.805. The molecule has 2 aromatic rings. The zero-order valence-electron chi connectivity index (χ0n) is 16.7. The summed E-state index contributed by atoms with van der Waals surface area (Å²) in [4.78, 5) is 16.2. The molecule has 4 rings (SSSR count). The van der Waals surface area contributed by atoms with E-state index >= 15 is 0 Å². The molecule has 2 aliphatic rings. The summed E-state index contributed by atoms with van der Waals surface area (Å²) in [6.07, 6.45) is 0.464. The average molecular weight is 431 g/mol. The molecule has 0 aromatic heterocycles. The largest absolute Gasteiger partial charge is 0.415 e. The summed E-state index contributed by atoms with van der Waals surface area (Å²) in [6.45, 7) is 1.69. The van der Waals surface area contributed by atoms with Crippen molar-refractivity contribution in [3.8, 4) is 5.75 Å². The number of aliphatic hydroxyl groups is 1. The first kappa shape index (κ1) is 20.7. The van der Waals surface area contributed by atoms with Gasteiger partial charge in [-0.15, -0.1) is 0 Å². The van der Waals surface area contributed by atoms with Crippen molar-refractivity contribution in [2.24, 2.45) is 0 Å². The van der Waals surface area contributed by atoms with Crippen LogP contribution in [-0.4, -0.2) is 62.2 Å². The Hall–Kier alpha value is -2.58. The van der Waals surface area contributed by atoms with Crippen molar-refractivity contribution < 1.29 is 23.1 Å². The highest BCUT2D eigenvalue weighted by Crippen LogP contribution is 2.33. The number of piperidine rings is 1. The van der Waals surface area contributed by atoms with E-state index in [0.29, 0.717) is 44.8 Å². The Morgan fingerprint density at radius 2 is 1.60 bits per heavy atom. The van der Waals surface area contributed by atoms with E-state index < -0.39 is 21.5 Å². The van der Waals surface area contributed by atoms with E-state index in [-0.39, 0.29) is 11.5 Å². The number of carbonyl (C=O) groups is 1. The number of likely N-dealkylation sites (tertiary alicyclic amines) is 1. The third-order valence-corrected chi connectivity index (χ3v) is 7.50. The number of anilines is 1. The molecule has 30 heavy (non-hydrogen) atoms. The van der Waals surface area contributed by atoms with Crippen molar-refractivity contribution in [3.63, 3.8) is 0 Å². The summed E-state index contributed by atoms with van der Waals surface area (Å²) < 4.78 is 28.8. The number of amides is 1. The third-order valence-electron chi connectivity index (χ3n) is 5.89. The molecular weight excluding hydrogens is 404 g/mol. The maximum absolute atomic E-state index is 12.6. The van der Waals surface area contributed by atoms with Gasteiger partial charge >= 0.3 is 6.09 Å². The van der Waals surface area contributed by atoms with Crippen LogP contribution < -0.4 is 9.64 Å². The van der Waals surface area contributed by atoms with E-state index in [1.165, 1.54) is 0 Å². The normalized spacial score (nSPS) is 20.6. The zero-order chi connectivity index (χ0) is 21.2. The van der Waals surface area contributed by atoms with E-state index in [0.717, 1.165) is 11.3 Å². The SMILES string of the molecule is O=C(Oc1cccc(N2CCS(=O)(=O)CC2)c1)N1CCC(O)(c2ccccc2)CC1. The van der Waals surface area contributed by atoms with E-state index in [9.17, 15) is 18.3 Å². The van der Waals surface area contributed by atoms with Gasteiger partial charge in [0.05, 0.1) is 17.1 Å². The van der Waals surface area contributed by atoms with Crippen LogP contribution in [0.5, 0.6) is 5.75 Å². The maximum Gasteiger partial charge on any atom is 0.415 e. The Morgan fingerprint density at radius 3 is 2.27 bits per heavy atom. The van der Waals surface area contributed by atoms with Crippen molar-refractivity contribution in [2.45, 2.75) is 18.4 Å². The van der Waals surface area contributed by atoms with Crippen LogP contribution in [0.4, 0.5) is 10.5 Å². The molecule has 0 saturated carbocycles. The molecule has 2 heterocycles. The Morgan fingerprint density at radius 1 is 0.933 bits per heavy atom.